The highest BCUT2D eigenvalue weighted by Gasteiger charge is 2.30. The molecule has 2 aliphatic heterocycles. The lowest BCUT2D eigenvalue weighted by molar-refractivity contribution is -0.127. The van der Waals surface area contributed by atoms with E-state index in [1.165, 1.54) is 12.3 Å². The number of hydrogen-bond acceptors (Lipinski definition) is 5. The fraction of sp³-hybridized carbons (Fsp3) is 0.370. The summed E-state index contributed by atoms with van der Waals surface area (Å²) in [5.41, 5.74) is 4.46. The van der Waals surface area contributed by atoms with Gasteiger partial charge >= 0.3 is 6.18 Å². The lowest BCUT2D eigenvalue weighted by Crippen LogP contribution is -2.46. The molecule has 0 aliphatic carbocycles. The molecule has 1 N–H and O–H groups in total. The number of fused-ring (bicyclic) bond motifs is 1. The molecule has 0 radical (unpaired) electrons. The number of carbonyl (C=O) groups is 1. The van der Waals surface area contributed by atoms with Crippen LogP contribution in [-0.4, -0.2) is 52.6 Å². The number of rotatable bonds is 4. The Kier molecular flexibility index (Phi) is 6.66. The normalized spacial score (nSPS) is 17.4. The van der Waals surface area contributed by atoms with Gasteiger partial charge in [-0.15, -0.1) is 0 Å². The van der Waals surface area contributed by atoms with Crippen molar-refractivity contribution in [2.75, 3.05) is 29.9 Å². The summed E-state index contributed by atoms with van der Waals surface area (Å²) in [6, 6.07) is 13.4. The molecule has 0 bridgehead atoms. The Labute approximate surface area is 208 Å². The molecule has 0 spiro atoms. The summed E-state index contributed by atoms with van der Waals surface area (Å²) in [4.78, 5) is 25.4. The molecule has 1 saturated heterocycles. The van der Waals surface area contributed by atoms with E-state index in [0.717, 1.165) is 60.7 Å². The van der Waals surface area contributed by atoms with Gasteiger partial charge in [0, 0.05) is 49.5 Å². The molecule has 1 aromatic carbocycles. The van der Waals surface area contributed by atoms with E-state index in [2.05, 4.69) is 31.2 Å². The van der Waals surface area contributed by atoms with E-state index in [0.29, 0.717) is 12.1 Å². The van der Waals surface area contributed by atoms with Gasteiger partial charge in [-0.25, -0.2) is 4.98 Å². The van der Waals surface area contributed by atoms with Gasteiger partial charge in [0.1, 0.15) is 5.82 Å². The SMILES string of the molecule is Cc1cnc(N2CCC(N3CC(=O)Nc4ccccc4C3)CC2)cc1-c1ccnc(CC(F)(F)F)c1. The molecule has 0 atom stereocenters. The van der Waals surface area contributed by atoms with Gasteiger partial charge in [-0.05, 0) is 66.3 Å². The number of nitrogens with one attached hydrogen (secondary N) is 1. The fourth-order valence-electron chi connectivity index (χ4n) is 5.09. The zero-order chi connectivity index (χ0) is 25.3. The summed E-state index contributed by atoms with van der Waals surface area (Å²) in [5.74, 6) is 0.816. The second-order valence-corrected chi connectivity index (χ2v) is 9.51. The highest BCUT2D eigenvalue weighted by molar-refractivity contribution is 5.93. The molecular formula is C27H28F3N5O. The molecule has 2 aliphatic rings. The third-order valence-electron chi connectivity index (χ3n) is 6.91. The van der Waals surface area contributed by atoms with Crippen LogP contribution in [0.25, 0.3) is 11.1 Å². The number of benzene rings is 1. The smallest absolute Gasteiger partial charge is 0.356 e. The summed E-state index contributed by atoms with van der Waals surface area (Å²) in [6.45, 7) is 4.58. The maximum Gasteiger partial charge on any atom is 0.394 e. The fourth-order valence-corrected chi connectivity index (χ4v) is 5.09. The molecule has 36 heavy (non-hydrogen) atoms. The number of amides is 1. The second-order valence-electron chi connectivity index (χ2n) is 9.51. The van der Waals surface area contributed by atoms with Gasteiger partial charge in [0.05, 0.1) is 13.0 Å². The van der Waals surface area contributed by atoms with Crippen molar-refractivity contribution in [3.63, 3.8) is 0 Å². The molecule has 2 aromatic heterocycles. The van der Waals surface area contributed by atoms with E-state index in [-0.39, 0.29) is 17.6 Å². The van der Waals surface area contributed by atoms with Gasteiger partial charge in [0.2, 0.25) is 5.91 Å². The Balaban J connectivity index is 1.29. The molecule has 6 nitrogen and oxygen atoms in total. The van der Waals surface area contributed by atoms with Crippen LogP contribution in [-0.2, 0) is 17.8 Å². The monoisotopic (exact) mass is 495 g/mol. The maximum atomic E-state index is 12.9. The van der Waals surface area contributed by atoms with Crippen LogP contribution in [0, 0.1) is 6.92 Å². The van der Waals surface area contributed by atoms with Gasteiger partial charge < -0.3 is 10.2 Å². The first-order chi connectivity index (χ1) is 17.2. The number of carbonyl (C=O) groups excluding carboxylic acids is 1. The summed E-state index contributed by atoms with van der Waals surface area (Å²) in [7, 11) is 0. The van der Waals surface area contributed by atoms with Crippen molar-refractivity contribution in [1.29, 1.82) is 0 Å². The zero-order valence-electron chi connectivity index (χ0n) is 20.1. The van der Waals surface area contributed by atoms with Gasteiger partial charge in [0.25, 0.3) is 0 Å². The highest BCUT2D eigenvalue weighted by atomic mass is 19.4. The standard InChI is InChI=1S/C27H28F3N5O/c1-18-15-32-25(13-23(18)19-6-9-31-21(12-19)14-27(28,29)30)34-10-7-22(8-11-34)35-16-20-4-2-3-5-24(20)33-26(36)17-35/h2-6,9,12-13,15,22H,7-8,10-11,14,16-17H2,1H3,(H,33,36). The van der Waals surface area contributed by atoms with Crippen molar-refractivity contribution in [3.8, 4) is 11.1 Å². The predicted octanol–water partition coefficient (Wildman–Crippen LogP) is 4.98. The van der Waals surface area contributed by atoms with E-state index in [1.807, 2.05) is 31.2 Å². The number of hydrogen-bond donors (Lipinski definition) is 1. The van der Waals surface area contributed by atoms with Crippen LogP contribution in [0.1, 0.15) is 29.7 Å². The predicted molar refractivity (Wildman–Crippen MR) is 133 cm³/mol. The van der Waals surface area contributed by atoms with Crippen LogP contribution < -0.4 is 10.2 Å². The minimum absolute atomic E-state index is 0.00152. The lowest BCUT2D eigenvalue weighted by atomic mass is 10.00. The van der Waals surface area contributed by atoms with Crippen molar-refractivity contribution in [2.24, 2.45) is 0 Å². The van der Waals surface area contributed by atoms with Crippen LogP contribution in [0.4, 0.5) is 24.7 Å². The summed E-state index contributed by atoms with van der Waals surface area (Å²) in [5, 5.41) is 3.00. The highest BCUT2D eigenvalue weighted by Crippen LogP contribution is 2.31. The Bertz CT molecular complexity index is 1250. The molecule has 0 unspecified atom stereocenters. The topological polar surface area (TPSA) is 61.4 Å². The second kappa shape index (κ2) is 9.89. The van der Waals surface area contributed by atoms with E-state index in [4.69, 9.17) is 0 Å². The first-order valence-electron chi connectivity index (χ1n) is 12.1. The van der Waals surface area contributed by atoms with E-state index in [9.17, 15) is 18.0 Å². The molecule has 5 rings (SSSR count). The minimum atomic E-state index is -4.30. The average molecular weight is 496 g/mol. The third kappa shape index (κ3) is 5.51. The van der Waals surface area contributed by atoms with E-state index >= 15 is 0 Å². The first-order valence-corrected chi connectivity index (χ1v) is 12.1. The molecule has 1 amide bonds. The zero-order valence-corrected chi connectivity index (χ0v) is 20.1. The van der Waals surface area contributed by atoms with Crippen molar-refractivity contribution < 1.29 is 18.0 Å². The molecule has 4 heterocycles. The van der Waals surface area contributed by atoms with Crippen LogP contribution in [0.15, 0.2) is 54.9 Å². The molecular weight excluding hydrogens is 467 g/mol. The molecule has 188 valence electrons. The Morgan fingerprint density at radius 1 is 1.06 bits per heavy atom. The third-order valence-corrected chi connectivity index (χ3v) is 6.91. The Morgan fingerprint density at radius 3 is 2.61 bits per heavy atom. The number of pyridine rings is 2. The van der Waals surface area contributed by atoms with Crippen molar-refractivity contribution in [1.82, 2.24) is 14.9 Å². The number of piperidine rings is 1. The summed E-state index contributed by atoms with van der Waals surface area (Å²) >= 11 is 0. The number of aromatic nitrogens is 2. The lowest BCUT2D eigenvalue weighted by Gasteiger charge is -2.38. The number of anilines is 2. The first kappa shape index (κ1) is 24.2. The molecule has 9 heteroatoms. The number of halogens is 3. The quantitative estimate of drug-likeness (QED) is 0.553. The van der Waals surface area contributed by atoms with Crippen molar-refractivity contribution in [3.05, 3.63) is 71.7 Å². The largest absolute Gasteiger partial charge is 0.394 e. The van der Waals surface area contributed by atoms with Crippen molar-refractivity contribution in [2.45, 2.75) is 44.9 Å². The Morgan fingerprint density at radius 2 is 1.83 bits per heavy atom. The summed E-state index contributed by atoms with van der Waals surface area (Å²) < 4.78 is 38.6. The van der Waals surface area contributed by atoms with Gasteiger partial charge in [-0.3, -0.25) is 14.7 Å². The number of para-hydroxylation sites is 1. The maximum absolute atomic E-state index is 12.9. The van der Waals surface area contributed by atoms with Crippen LogP contribution in [0.5, 0.6) is 0 Å². The Hall–Kier alpha value is -3.46. The van der Waals surface area contributed by atoms with Crippen molar-refractivity contribution >= 4 is 17.4 Å². The number of aryl methyl sites for hydroxylation is 1. The van der Waals surface area contributed by atoms with E-state index < -0.39 is 12.6 Å². The molecule has 0 saturated carbocycles. The van der Waals surface area contributed by atoms with Crippen LogP contribution in [0.3, 0.4) is 0 Å². The number of nitrogens with zero attached hydrogens (tertiary/aromatic N) is 4. The van der Waals surface area contributed by atoms with Crippen LogP contribution >= 0.6 is 0 Å². The molecule has 1 fully saturated rings. The van der Waals surface area contributed by atoms with Gasteiger partial charge in [0.15, 0.2) is 0 Å². The van der Waals surface area contributed by atoms with Crippen LogP contribution in [0.2, 0.25) is 0 Å². The average Bonchev–Trinajstić information content (AvgIpc) is 3.01. The minimum Gasteiger partial charge on any atom is -0.356 e. The molecule has 3 aromatic rings. The number of alkyl halides is 3. The van der Waals surface area contributed by atoms with E-state index in [1.54, 1.807) is 12.3 Å². The van der Waals surface area contributed by atoms with Gasteiger partial charge in [-0.1, -0.05) is 18.2 Å². The van der Waals surface area contributed by atoms with Gasteiger partial charge in [-0.2, -0.15) is 13.2 Å². The summed E-state index contributed by atoms with van der Waals surface area (Å²) in [6.07, 6.45) is -0.362.